The molecule has 2 aliphatic rings. The summed E-state index contributed by atoms with van der Waals surface area (Å²) in [6.45, 7) is 19.4. The van der Waals surface area contributed by atoms with Crippen molar-refractivity contribution in [2.24, 2.45) is 46.0 Å². The Morgan fingerprint density at radius 2 is 1.19 bits per heavy atom. The number of guanidine groups is 1. The van der Waals surface area contributed by atoms with Crippen molar-refractivity contribution in [3.63, 3.8) is 0 Å². The number of carbonyl (C=O) groups is 12. The quantitative estimate of drug-likeness (QED) is 0.0361. The lowest BCUT2D eigenvalue weighted by Crippen LogP contribution is -2.64. The molecule has 4 unspecified atom stereocenters. The predicted octanol–water partition coefficient (Wildman–Crippen LogP) is -4.88. The van der Waals surface area contributed by atoms with Gasteiger partial charge in [-0.25, -0.2) is 4.79 Å². The van der Waals surface area contributed by atoms with Crippen molar-refractivity contribution in [2.45, 2.75) is 226 Å². The summed E-state index contributed by atoms with van der Waals surface area (Å²) in [7, 11) is 0. The van der Waals surface area contributed by atoms with E-state index in [4.69, 9.17) is 16.2 Å². The first-order valence-corrected chi connectivity index (χ1v) is 32.3. The zero-order chi connectivity index (χ0) is 71.7. The van der Waals surface area contributed by atoms with Crippen LogP contribution in [-0.4, -0.2) is 208 Å². The van der Waals surface area contributed by atoms with E-state index < -0.39 is 181 Å². The molecule has 0 aromatic heterocycles. The zero-order valence-electron chi connectivity index (χ0n) is 56.6. The minimum Gasteiger partial charge on any atom is -0.453 e. The summed E-state index contributed by atoms with van der Waals surface area (Å²) in [4.78, 5) is 176. The van der Waals surface area contributed by atoms with Crippen molar-refractivity contribution in [3.05, 3.63) is 35.9 Å². The Hall–Kier alpha value is -8.11. The molecule has 0 aliphatic carbocycles. The molecule has 21 N–H and O–H groups in total. The van der Waals surface area contributed by atoms with Crippen LogP contribution in [-0.2, 0) is 62.3 Å². The predicted molar refractivity (Wildman–Crippen MR) is 346 cm³/mol. The minimum atomic E-state index is -2.57. The maximum absolute atomic E-state index is 15.4. The monoisotopic (exact) mass is 1340 g/mol. The molecule has 2 fully saturated rings. The molecule has 2 aliphatic heterocycles. The van der Waals surface area contributed by atoms with E-state index >= 15 is 9.59 Å². The molecule has 33 nitrogen and oxygen atoms in total. The Balaban J connectivity index is 2.41. The van der Waals surface area contributed by atoms with Crippen LogP contribution in [0.3, 0.4) is 0 Å². The van der Waals surface area contributed by atoms with Crippen LogP contribution in [0.4, 0.5) is 0 Å². The zero-order valence-corrected chi connectivity index (χ0v) is 56.6. The molecule has 0 saturated carbocycles. The molecular weight excluding hydrogens is 1240 g/mol. The summed E-state index contributed by atoms with van der Waals surface area (Å²) in [6, 6.07) is -10.6. The average molecular weight is 1350 g/mol. The van der Waals surface area contributed by atoms with Crippen molar-refractivity contribution >= 4 is 76.9 Å². The van der Waals surface area contributed by atoms with Crippen molar-refractivity contribution in [2.75, 3.05) is 19.7 Å². The topological polar surface area (TPSA) is 516 Å². The summed E-state index contributed by atoms with van der Waals surface area (Å²) in [5, 5.41) is 78.2. The lowest BCUT2D eigenvalue weighted by molar-refractivity contribution is -0.159. The number of carbonyl (C=O) groups excluding carboxylic acids is 12. The Morgan fingerprint density at radius 3 is 1.74 bits per heavy atom. The number of nitrogens with one attached hydrogen (secondary N) is 13. The van der Waals surface area contributed by atoms with E-state index in [1.807, 2.05) is 38.3 Å². The second kappa shape index (κ2) is 39.1. The molecule has 1 aromatic rings. The highest BCUT2D eigenvalue weighted by Gasteiger charge is 2.44. The molecule has 1 aromatic carbocycles. The number of aliphatic hydroxyl groups excluding tert-OH is 4. The van der Waals surface area contributed by atoms with Gasteiger partial charge >= 0.3 is 5.97 Å². The molecule has 3 rings (SSSR count). The van der Waals surface area contributed by atoms with Gasteiger partial charge in [-0.05, 0) is 88.0 Å². The number of ether oxygens (including phenoxy) is 1. The molecule has 0 radical (unpaired) electrons. The number of cyclic esters (lactones) is 1. The second-order valence-corrected chi connectivity index (χ2v) is 25.9. The van der Waals surface area contributed by atoms with Gasteiger partial charge in [0, 0.05) is 6.54 Å². The minimum absolute atomic E-state index is 0.0521. The second-order valence-electron chi connectivity index (χ2n) is 25.9. The van der Waals surface area contributed by atoms with E-state index in [-0.39, 0.29) is 80.7 Å². The summed E-state index contributed by atoms with van der Waals surface area (Å²) < 4.78 is 5.95. The van der Waals surface area contributed by atoms with Crippen molar-refractivity contribution in [3.8, 4) is 0 Å². The molecule has 33 heteroatoms. The first-order chi connectivity index (χ1) is 44.5. The van der Waals surface area contributed by atoms with Gasteiger partial charge < -0.3 is 100 Å². The van der Waals surface area contributed by atoms with Gasteiger partial charge in [0.25, 0.3) is 0 Å². The van der Waals surface area contributed by atoms with Crippen molar-refractivity contribution in [1.29, 1.82) is 0 Å². The molecule has 2 saturated heterocycles. The van der Waals surface area contributed by atoms with Crippen LogP contribution in [0.5, 0.6) is 0 Å². The fourth-order valence-corrected chi connectivity index (χ4v) is 10.2. The molecule has 17 atom stereocenters. The van der Waals surface area contributed by atoms with Gasteiger partial charge in [-0.1, -0.05) is 106 Å². The maximum atomic E-state index is 15.4. The van der Waals surface area contributed by atoms with E-state index in [1.165, 1.54) is 44.2 Å². The van der Waals surface area contributed by atoms with Crippen molar-refractivity contribution in [1.82, 2.24) is 69.1 Å². The first-order valence-electron chi connectivity index (χ1n) is 32.3. The first kappa shape index (κ1) is 81.1. The van der Waals surface area contributed by atoms with E-state index in [0.29, 0.717) is 5.96 Å². The lowest BCUT2D eigenvalue weighted by atomic mass is 9.95. The van der Waals surface area contributed by atoms with Crippen LogP contribution in [0.15, 0.2) is 35.3 Å². The van der Waals surface area contributed by atoms with Gasteiger partial charge in [0.15, 0.2) is 24.2 Å². The molecule has 0 spiro atoms. The number of benzene rings is 1. The molecule has 95 heavy (non-hydrogen) atoms. The van der Waals surface area contributed by atoms with Crippen LogP contribution >= 0.6 is 0 Å². The van der Waals surface area contributed by atoms with Gasteiger partial charge in [-0.2, -0.15) is 0 Å². The van der Waals surface area contributed by atoms with Crippen LogP contribution in [0.25, 0.3) is 0 Å². The average Bonchev–Trinajstić information content (AvgIpc) is 0.827. The third-order valence-electron chi connectivity index (χ3n) is 15.6. The number of hydrogen-bond donors (Lipinski definition) is 19. The normalized spacial score (nSPS) is 26.5. The largest absolute Gasteiger partial charge is 0.453 e. The summed E-state index contributed by atoms with van der Waals surface area (Å²) >= 11 is 0. The smallest absolute Gasteiger partial charge is 0.331 e. The fraction of sp³-hybridized carbons (Fsp3) is 0.694. The van der Waals surface area contributed by atoms with Crippen LogP contribution < -0.4 is 80.6 Å². The number of primary amides is 1. The Labute approximate surface area is 554 Å². The molecular formula is C62H104N16O17. The highest BCUT2D eigenvalue weighted by molar-refractivity contribution is 6.00. The number of rotatable bonds is 23. The Morgan fingerprint density at radius 1 is 0.642 bits per heavy atom. The van der Waals surface area contributed by atoms with E-state index in [2.05, 4.69) is 63.5 Å². The van der Waals surface area contributed by atoms with Crippen LogP contribution in [0, 0.1) is 29.6 Å². The molecule has 534 valence electrons. The lowest BCUT2D eigenvalue weighted by Gasteiger charge is -2.34. The number of aliphatic imine (C=N–C) groups is 1. The summed E-state index contributed by atoms with van der Waals surface area (Å²) in [5.74, 6) is -16.3. The number of nitrogens with two attached hydrogens (primary N) is 2. The van der Waals surface area contributed by atoms with E-state index in [1.54, 1.807) is 41.5 Å². The number of aliphatic hydroxyl groups is 4. The Bertz CT molecular complexity index is 2800. The number of nitrogens with zero attached hydrogens (tertiary/aromatic N) is 1. The van der Waals surface area contributed by atoms with E-state index in [0.717, 1.165) is 6.92 Å². The Kier molecular flexibility index (Phi) is 33.4. The summed E-state index contributed by atoms with van der Waals surface area (Å²) in [6.07, 6.45) is -8.16. The van der Waals surface area contributed by atoms with Crippen LogP contribution in [0.2, 0.25) is 0 Å². The van der Waals surface area contributed by atoms with Gasteiger partial charge in [0.2, 0.25) is 65.0 Å². The van der Waals surface area contributed by atoms with Crippen LogP contribution in [0.1, 0.15) is 140 Å². The number of esters is 1. The highest BCUT2D eigenvalue weighted by Crippen LogP contribution is 2.25. The summed E-state index contributed by atoms with van der Waals surface area (Å²) in [5.41, 5.74) is 11.5. The van der Waals surface area contributed by atoms with E-state index in [9.17, 15) is 68.4 Å². The van der Waals surface area contributed by atoms with Crippen molar-refractivity contribution < 1.29 is 82.7 Å². The third-order valence-corrected chi connectivity index (χ3v) is 15.6. The maximum Gasteiger partial charge on any atom is 0.331 e. The number of amides is 11. The molecule has 0 bridgehead atoms. The molecule has 2 heterocycles. The third kappa shape index (κ3) is 26.2. The molecule has 11 amide bonds. The van der Waals surface area contributed by atoms with Gasteiger partial charge in [0.05, 0.1) is 43.7 Å². The van der Waals surface area contributed by atoms with Gasteiger partial charge in [-0.3, -0.25) is 63.0 Å². The fourth-order valence-electron chi connectivity index (χ4n) is 10.2. The SMILES string of the molecule is CC[C@H](C)[C@@H]1NC(=O)[C@H](CCCN=C2NC(C)NC(C)N2)NC(=O)[C@H](CC(C)C)NC(=O)[C@H]([C@H](O)C(C)C)NC(=O)[C@@H](NC(=O)[C@H](CC(C)C)NC(=O)[C@@H](N)CC(C)C)C(c2ccccc2)OC(=O)[C@H](CO)NC(=O)[C@H](C(O)C(N)=O)NC(=O)CNC(=O)[C@H]([C@@H](C)O)NC1=O. The van der Waals surface area contributed by atoms with Gasteiger partial charge in [0.1, 0.15) is 48.3 Å². The standard InChI is InChI=1S/C62H104N16O17/c1-14-32(10)43-57(90)76-44(33(11)80)56(89)66-26-42(81)74-46(49(83)51(64)84)59(92)73-41(27-79)61(94)95-50(36-19-16-15-17-20-36)47(78-55(88)40(25-30(6)7)71-52(85)37(63)23-28(2)3)60(93)77-45(48(82)31(8)9)58(91)72-39(24-29(4)5)54(87)70-38(53(86)75-43)21-18-22-65-62-68-34(12)67-35(13)69-62/h15-17,19-20,28-35,37-41,43-50,67,79-80,82-83H,14,18,21-27,63H2,1-13H3,(H2,64,84)(H,66,89)(H,70,87)(H,71,85)(H,72,91)(H,73,92)(H,74,81)(H,75,86)(H,76,90)(H,77,93)(H,78,88)(H2,65,68,69)/t32-,33+,34?,35?,37-,38-,39-,40-,41-,43-,44-,45-,46-,47-,48+,49?,50?/m0/s1. The highest BCUT2D eigenvalue weighted by atomic mass is 16.5. The van der Waals surface area contributed by atoms with Gasteiger partial charge in [-0.15, -0.1) is 0 Å². The number of hydrogen-bond acceptors (Lipinski definition) is 20.